The Morgan fingerprint density at radius 1 is 0.895 bits per heavy atom. The van der Waals surface area contributed by atoms with Crippen molar-refractivity contribution in [1.82, 2.24) is 4.98 Å². The summed E-state index contributed by atoms with van der Waals surface area (Å²) in [6.07, 6.45) is 0. The summed E-state index contributed by atoms with van der Waals surface area (Å²) >= 11 is 12.4. The number of nitrogens with zero attached hydrogens (tertiary/aromatic N) is 1. The van der Waals surface area contributed by atoms with Crippen LogP contribution in [-0.4, -0.2) is 4.98 Å². The standard InChI is InChI=1S/C15H8Cl2FN/c16-12-3-1-2-11-13(17)8-14(19-15(11)12)9-4-6-10(18)7-5-9/h1-8H. The molecule has 0 atom stereocenters. The maximum Gasteiger partial charge on any atom is 0.123 e. The van der Waals surface area contributed by atoms with Crippen molar-refractivity contribution in [2.24, 2.45) is 0 Å². The summed E-state index contributed by atoms with van der Waals surface area (Å²) in [5.74, 6) is -0.284. The van der Waals surface area contributed by atoms with Gasteiger partial charge in [-0.25, -0.2) is 9.37 Å². The van der Waals surface area contributed by atoms with Crippen molar-refractivity contribution in [3.05, 3.63) is 64.4 Å². The van der Waals surface area contributed by atoms with Gasteiger partial charge in [0.15, 0.2) is 0 Å². The van der Waals surface area contributed by atoms with E-state index in [0.29, 0.717) is 21.3 Å². The fourth-order valence-corrected chi connectivity index (χ4v) is 2.41. The third kappa shape index (κ3) is 2.29. The average molecular weight is 292 g/mol. The van der Waals surface area contributed by atoms with E-state index < -0.39 is 0 Å². The molecule has 0 bridgehead atoms. The quantitative estimate of drug-likeness (QED) is 0.589. The first-order chi connectivity index (χ1) is 9.15. The van der Waals surface area contributed by atoms with E-state index >= 15 is 0 Å². The molecule has 0 aliphatic heterocycles. The van der Waals surface area contributed by atoms with E-state index in [-0.39, 0.29) is 5.82 Å². The molecule has 2 aromatic carbocycles. The van der Waals surface area contributed by atoms with Crippen molar-refractivity contribution < 1.29 is 4.39 Å². The normalized spacial score (nSPS) is 10.9. The second-order valence-electron chi connectivity index (χ2n) is 4.13. The Hall–Kier alpha value is -1.64. The third-order valence-corrected chi connectivity index (χ3v) is 3.50. The Labute approximate surface area is 119 Å². The number of benzene rings is 2. The third-order valence-electron chi connectivity index (χ3n) is 2.88. The first-order valence-corrected chi connectivity index (χ1v) is 6.41. The Balaban J connectivity index is 2.25. The van der Waals surface area contributed by atoms with E-state index in [4.69, 9.17) is 23.2 Å². The lowest BCUT2D eigenvalue weighted by molar-refractivity contribution is 0.628. The molecule has 0 spiro atoms. The summed E-state index contributed by atoms with van der Waals surface area (Å²) in [6, 6.07) is 13.3. The van der Waals surface area contributed by atoms with Gasteiger partial charge in [-0.05, 0) is 36.4 Å². The number of hydrogen-bond acceptors (Lipinski definition) is 1. The second kappa shape index (κ2) is 4.80. The molecule has 0 N–H and O–H groups in total. The fourth-order valence-electron chi connectivity index (χ4n) is 1.94. The minimum absolute atomic E-state index is 0.284. The van der Waals surface area contributed by atoms with Crippen LogP contribution in [0, 0.1) is 5.82 Å². The van der Waals surface area contributed by atoms with Crippen LogP contribution in [0.25, 0.3) is 22.2 Å². The van der Waals surface area contributed by atoms with Crippen LogP contribution in [0.2, 0.25) is 10.0 Å². The minimum atomic E-state index is -0.284. The van der Waals surface area contributed by atoms with Gasteiger partial charge in [-0.2, -0.15) is 0 Å². The van der Waals surface area contributed by atoms with Crippen molar-refractivity contribution >= 4 is 34.1 Å². The Morgan fingerprint density at radius 3 is 2.37 bits per heavy atom. The van der Waals surface area contributed by atoms with Gasteiger partial charge in [0.2, 0.25) is 0 Å². The molecule has 0 unspecified atom stereocenters. The van der Waals surface area contributed by atoms with Gasteiger partial charge in [-0.15, -0.1) is 0 Å². The van der Waals surface area contributed by atoms with Crippen LogP contribution in [-0.2, 0) is 0 Å². The van der Waals surface area contributed by atoms with Crippen LogP contribution in [0.1, 0.15) is 0 Å². The molecule has 94 valence electrons. The smallest absolute Gasteiger partial charge is 0.123 e. The monoisotopic (exact) mass is 291 g/mol. The molecule has 3 rings (SSSR count). The van der Waals surface area contributed by atoms with Gasteiger partial charge in [0.05, 0.1) is 21.3 Å². The topological polar surface area (TPSA) is 12.9 Å². The molecule has 19 heavy (non-hydrogen) atoms. The summed E-state index contributed by atoms with van der Waals surface area (Å²) in [4.78, 5) is 4.50. The van der Waals surface area contributed by atoms with E-state index in [0.717, 1.165) is 10.9 Å². The predicted octanol–water partition coefficient (Wildman–Crippen LogP) is 5.35. The average Bonchev–Trinajstić information content (AvgIpc) is 2.41. The van der Waals surface area contributed by atoms with Crippen molar-refractivity contribution in [2.75, 3.05) is 0 Å². The van der Waals surface area contributed by atoms with Gasteiger partial charge < -0.3 is 0 Å². The molecular weight excluding hydrogens is 284 g/mol. The molecule has 0 amide bonds. The highest BCUT2D eigenvalue weighted by atomic mass is 35.5. The molecular formula is C15H8Cl2FN. The van der Waals surface area contributed by atoms with Gasteiger partial charge in [0, 0.05) is 10.9 Å². The van der Waals surface area contributed by atoms with Crippen molar-refractivity contribution in [3.63, 3.8) is 0 Å². The first kappa shape index (κ1) is 12.4. The van der Waals surface area contributed by atoms with Crippen LogP contribution in [0.3, 0.4) is 0 Å². The van der Waals surface area contributed by atoms with E-state index in [9.17, 15) is 4.39 Å². The summed E-state index contributed by atoms with van der Waals surface area (Å²) in [6.45, 7) is 0. The van der Waals surface area contributed by atoms with Crippen LogP contribution >= 0.6 is 23.2 Å². The van der Waals surface area contributed by atoms with Crippen LogP contribution in [0.15, 0.2) is 48.5 Å². The Kier molecular flexibility index (Phi) is 3.13. The fraction of sp³-hybridized carbons (Fsp3) is 0. The minimum Gasteiger partial charge on any atom is -0.246 e. The number of halogens is 3. The van der Waals surface area contributed by atoms with Crippen LogP contribution in [0.4, 0.5) is 4.39 Å². The molecule has 1 nitrogen and oxygen atoms in total. The zero-order valence-corrected chi connectivity index (χ0v) is 11.2. The lowest BCUT2D eigenvalue weighted by atomic mass is 10.1. The molecule has 0 aliphatic rings. The molecule has 0 radical (unpaired) electrons. The SMILES string of the molecule is Fc1ccc(-c2cc(Cl)c3cccc(Cl)c3n2)cc1. The summed E-state index contributed by atoms with van der Waals surface area (Å²) in [5, 5.41) is 1.93. The highest BCUT2D eigenvalue weighted by Gasteiger charge is 2.08. The lowest BCUT2D eigenvalue weighted by Crippen LogP contribution is -1.88. The highest BCUT2D eigenvalue weighted by molar-refractivity contribution is 6.39. The summed E-state index contributed by atoms with van der Waals surface area (Å²) in [7, 11) is 0. The van der Waals surface area contributed by atoms with Gasteiger partial charge in [0.1, 0.15) is 5.82 Å². The molecule has 0 saturated heterocycles. The first-order valence-electron chi connectivity index (χ1n) is 5.66. The number of aromatic nitrogens is 1. The highest BCUT2D eigenvalue weighted by Crippen LogP contribution is 2.31. The molecule has 1 aromatic heterocycles. The predicted molar refractivity (Wildman–Crippen MR) is 77.2 cm³/mol. The molecule has 1 heterocycles. The van der Waals surface area contributed by atoms with E-state index in [1.807, 2.05) is 12.1 Å². The molecule has 0 fully saturated rings. The van der Waals surface area contributed by atoms with Crippen molar-refractivity contribution in [2.45, 2.75) is 0 Å². The van der Waals surface area contributed by atoms with Crippen LogP contribution < -0.4 is 0 Å². The van der Waals surface area contributed by atoms with Gasteiger partial charge >= 0.3 is 0 Å². The van der Waals surface area contributed by atoms with Gasteiger partial charge in [-0.1, -0.05) is 35.3 Å². The maximum absolute atomic E-state index is 12.9. The Morgan fingerprint density at radius 2 is 1.63 bits per heavy atom. The number of pyridine rings is 1. The zero-order valence-electron chi connectivity index (χ0n) is 9.70. The van der Waals surface area contributed by atoms with E-state index in [2.05, 4.69) is 4.98 Å². The zero-order chi connectivity index (χ0) is 13.4. The summed E-state index contributed by atoms with van der Waals surface area (Å²) < 4.78 is 12.9. The molecule has 0 saturated carbocycles. The number of rotatable bonds is 1. The second-order valence-corrected chi connectivity index (χ2v) is 4.95. The maximum atomic E-state index is 12.9. The van der Waals surface area contributed by atoms with E-state index in [1.54, 1.807) is 24.3 Å². The molecule has 0 aliphatic carbocycles. The molecule has 3 aromatic rings. The molecule has 4 heteroatoms. The van der Waals surface area contributed by atoms with Crippen LogP contribution in [0.5, 0.6) is 0 Å². The van der Waals surface area contributed by atoms with E-state index in [1.165, 1.54) is 12.1 Å². The largest absolute Gasteiger partial charge is 0.246 e. The van der Waals surface area contributed by atoms with Crippen molar-refractivity contribution in [3.8, 4) is 11.3 Å². The van der Waals surface area contributed by atoms with Crippen molar-refractivity contribution in [1.29, 1.82) is 0 Å². The van der Waals surface area contributed by atoms with Gasteiger partial charge in [-0.3, -0.25) is 0 Å². The number of fused-ring (bicyclic) bond motifs is 1. The lowest BCUT2D eigenvalue weighted by Gasteiger charge is -2.06. The summed E-state index contributed by atoms with van der Waals surface area (Å²) in [5.41, 5.74) is 2.12. The van der Waals surface area contributed by atoms with Gasteiger partial charge in [0.25, 0.3) is 0 Å². The number of hydrogen-bond donors (Lipinski definition) is 0. The Bertz CT molecular complexity index is 754. The number of para-hydroxylation sites is 1.